The van der Waals surface area contributed by atoms with Gasteiger partial charge in [0.05, 0.1) is 13.5 Å². The van der Waals surface area contributed by atoms with Crippen molar-refractivity contribution in [2.45, 2.75) is 12.5 Å². The Morgan fingerprint density at radius 1 is 1.47 bits per heavy atom. The first-order valence-corrected chi connectivity index (χ1v) is 4.39. The molecule has 0 aliphatic carbocycles. The minimum atomic E-state index is -0.552. The van der Waals surface area contributed by atoms with Crippen LogP contribution in [0.4, 0.5) is 0 Å². The fraction of sp³-hybridized carbons (Fsp3) is 0.300. The topological polar surface area (TPSA) is 92.8 Å². The van der Waals surface area contributed by atoms with E-state index >= 15 is 0 Å². The molecule has 0 amide bonds. The Bertz CT molecular complexity index is 364. The number of methoxy groups -OCH3 is 1. The van der Waals surface area contributed by atoms with E-state index in [9.17, 15) is 9.90 Å². The zero-order valence-corrected chi connectivity index (χ0v) is 8.30. The first-order chi connectivity index (χ1) is 7.04. The monoisotopic (exact) mass is 211 g/mol. The maximum atomic E-state index is 10.9. The molecule has 1 rings (SSSR count). The molecule has 0 heterocycles. The van der Waals surface area contributed by atoms with Gasteiger partial charge in [0.2, 0.25) is 0 Å². The van der Waals surface area contributed by atoms with Crippen LogP contribution in [0.1, 0.15) is 18.0 Å². The second-order valence-corrected chi connectivity index (χ2v) is 3.13. The number of hydrogen-bond donors (Lipinski definition) is 3. The second-order valence-electron chi connectivity index (χ2n) is 3.13. The molecule has 5 heteroatoms. The SMILES string of the molecule is COC(=O)C[C@H](N)c1ccc(O)c(O)c1. The predicted molar refractivity (Wildman–Crippen MR) is 53.3 cm³/mol. The van der Waals surface area contributed by atoms with Gasteiger partial charge in [0.1, 0.15) is 0 Å². The summed E-state index contributed by atoms with van der Waals surface area (Å²) in [6, 6.07) is 3.64. The molecule has 1 aromatic carbocycles. The number of carbonyl (C=O) groups is 1. The zero-order chi connectivity index (χ0) is 11.4. The molecular formula is C10H13NO4. The van der Waals surface area contributed by atoms with E-state index in [4.69, 9.17) is 10.8 Å². The van der Waals surface area contributed by atoms with Gasteiger partial charge in [-0.1, -0.05) is 6.07 Å². The number of phenolic OH excluding ortho intramolecular Hbond substituents is 2. The molecule has 0 fully saturated rings. The molecular weight excluding hydrogens is 198 g/mol. The van der Waals surface area contributed by atoms with Crippen LogP contribution in [0.5, 0.6) is 11.5 Å². The van der Waals surface area contributed by atoms with Crippen molar-refractivity contribution in [2.75, 3.05) is 7.11 Å². The van der Waals surface area contributed by atoms with Crippen LogP contribution in [0.15, 0.2) is 18.2 Å². The number of aromatic hydroxyl groups is 2. The number of esters is 1. The van der Waals surface area contributed by atoms with Crippen molar-refractivity contribution in [3.63, 3.8) is 0 Å². The van der Waals surface area contributed by atoms with Gasteiger partial charge in [0.25, 0.3) is 0 Å². The van der Waals surface area contributed by atoms with Crippen LogP contribution in [-0.4, -0.2) is 23.3 Å². The molecule has 0 unspecified atom stereocenters. The van der Waals surface area contributed by atoms with Crippen LogP contribution in [0, 0.1) is 0 Å². The van der Waals surface area contributed by atoms with Gasteiger partial charge >= 0.3 is 5.97 Å². The summed E-state index contributed by atoms with van der Waals surface area (Å²) in [5.41, 5.74) is 6.26. The molecule has 0 saturated carbocycles. The van der Waals surface area contributed by atoms with Gasteiger partial charge in [-0.15, -0.1) is 0 Å². The van der Waals surface area contributed by atoms with Crippen molar-refractivity contribution < 1.29 is 19.7 Å². The van der Waals surface area contributed by atoms with Crippen LogP contribution >= 0.6 is 0 Å². The van der Waals surface area contributed by atoms with Gasteiger partial charge < -0.3 is 20.7 Å². The normalized spacial score (nSPS) is 12.1. The zero-order valence-electron chi connectivity index (χ0n) is 8.30. The van der Waals surface area contributed by atoms with Crippen molar-refractivity contribution in [1.82, 2.24) is 0 Å². The van der Waals surface area contributed by atoms with E-state index in [1.54, 1.807) is 6.07 Å². The van der Waals surface area contributed by atoms with E-state index in [2.05, 4.69) is 4.74 Å². The number of carbonyl (C=O) groups excluding carboxylic acids is 1. The van der Waals surface area contributed by atoms with Gasteiger partial charge in [0.15, 0.2) is 11.5 Å². The van der Waals surface area contributed by atoms with Crippen molar-refractivity contribution in [3.05, 3.63) is 23.8 Å². The van der Waals surface area contributed by atoms with Crippen molar-refractivity contribution >= 4 is 5.97 Å². The summed E-state index contributed by atoms with van der Waals surface area (Å²) >= 11 is 0. The molecule has 1 aromatic rings. The largest absolute Gasteiger partial charge is 0.504 e. The Morgan fingerprint density at radius 3 is 2.67 bits per heavy atom. The van der Waals surface area contributed by atoms with E-state index < -0.39 is 12.0 Å². The Labute approximate surface area is 87.1 Å². The average molecular weight is 211 g/mol. The highest BCUT2D eigenvalue weighted by molar-refractivity contribution is 5.70. The Morgan fingerprint density at radius 2 is 2.13 bits per heavy atom. The highest BCUT2D eigenvalue weighted by Crippen LogP contribution is 2.27. The summed E-state index contributed by atoms with van der Waals surface area (Å²) in [4.78, 5) is 10.9. The van der Waals surface area contributed by atoms with Crippen LogP contribution in [0.2, 0.25) is 0 Å². The quantitative estimate of drug-likeness (QED) is 0.504. The highest BCUT2D eigenvalue weighted by Gasteiger charge is 2.13. The Kier molecular flexibility index (Phi) is 3.51. The molecule has 82 valence electrons. The third-order valence-electron chi connectivity index (χ3n) is 2.04. The lowest BCUT2D eigenvalue weighted by molar-refractivity contribution is -0.141. The fourth-order valence-corrected chi connectivity index (χ4v) is 1.15. The van der Waals surface area contributed by atoms with E-state index in [-0.39, 0.29) is 17.9 Å². The smallest absolute Gasteiger partial charge is 0.307 e. The molecule has 0 aromatic heterocycles. The summed E-state index contributed by atoms with van der Waals surface area (Å²) in [7, 11) is 1.28. The molecule has 0 radical (unpaired) electrons. The van der Waals surface area contributed by atoms with E-state index in [1.165, 1.54) is 19.2 Å². The third kappa shape index (κ3) is 2.85. The highest BCUT2D eigenvalue weighted by atomic mass is 16.5. The van der Waals surface area contributed by atoms with Crippen molar-refractivity contribution in [1.29, 1.82) is 0 Å². The minimum absolute atomic E-state index is 0.0285. The first kappa shape index (κ1) is 11.3. The van der Waals surface area contributed by atoms with Crippen molar-refractivity contribution in [3.8, 4) is 11.5 Å². The predicted octanol–water partition coefficient (Wildman–Crippen LogP) is 0.661. The molecule has 1 atom stereocenters. The van der Waals surface area contributed by atoms with Gasteiger partial charge in [-0.25, -0.2) is 0 Å². The van der Waals surface area contributed by atoms with E-state index in [0.29, 0.717) is 5.56 Å². The number of ether oxygens (including phenoxy) is 1. The average Bonchev–Trinajstić information content (AvgIpc) is 2.21. The summed E-state index contributed by atoms with van der Waals surface area (Å²) < 4.78 is 4.47. The summed E-state index contributed by atoms with van der Waals surface area (Å²) in [6.45, 7) is 0. The molecule has 0 bridgehead atoms. The molecule has 0 saturated heterocycles. The molecule has 5 nitrogen and oxygen atoms in total. The maximum Gasteiger partial charge on any atom is 0.307 e. The van der Waals surface area contributed by atoms with Gasteiger partial charge in [-0.05, 0) is 17.7 Å². The lowest BCUT2D eigenvalue weighted by Crippen LogP contribution is -2.16. The van der Waals surface area contributed by atoms with E-state index in [1.807, 2.05) is 0 Å². The molecule has 15 heavy (non-hydrogen) atoms. The number of nitrogens with two attached hydrogens (primary N) is 1. The first-order valence-electron chi connectivity index (χ1n) is 4.39. The molecule has 0 aliphatic heterocycles. The standard InChI is InChI=1S/C10H13NO4/c1-15-10(14)5-7(11)6-2-3-8(12)9(13)4-6/h2-4,7,12-13H,5,11H2,1H3/t7-/m0/s1. The number of benzene rings is 1. The Hall–Kier alpha value is -1.75. The lowest BCUT2D eigenvalue weighted by atomic mass is 10.0. The van der Waals surface area contributed by atoms with Crippen LogP contribution in [0.3, 0.4) is 0 Å². The number of hydrogen-bond acceptors (Lipinski definition) is 5. The van der Waals surface area contributed by atoms with E-state index in [0.717, 1.165) is 0 Å². The summed E-state index contributed by atoms with van der Waals surface area (Å²) in [5, 5.41) is 18.3. The van der Waals surface area contributed by atoms with Crippen LogP contribution in [-0.2, 0) is 9.53 Å². The summed E-state index contributed by atoms with van der Waals surface area (Å²) in [5.74, 6) is -0.896. The minimum Gasteiger partial charge on any atom is -0.504 e. The third-order valence-corrected chi connectivity index (χ3v) is 2.04. The van der Waals surface area contributed by atoms with Crippen LogP contribution in [0.25, 0.3) is 0 Å². The molecule has 0 spiro atoms. The summed E-state index contributed by atoms with van der Waals surface area (Å²) in [6.07, 6.45) is 0.0285. The molecule has 4 N–H and O–H groups in total. The number of phenols is 2. The lowest BCUT2D eigenvalue weighted by Gasteiger charge is -2.11. The Balaban J connectivity index is 2.78. The van der Waals surface area contributed by atoms with Crippen molar-refractivity contribution in [2.24, 2.45) is 5.73 Å². The van der Waals surface area contributed by atoms with Gasteiger partial charge in [0, 0.05) is 6.04 Å². The second kappa shape index (κ2) is 4.65. The maximum absolute atomic E-state index is 10.9. The van der Waals surface area contributed by atoms with Gasteiger partial charge in [-0.3, -0.25) is 4.79 Å². The van der Waals surface area contributed by atoms with Gasteiger partial charge in [-0.2, -0.15) is 0 Å². The molecule has 0 aliphatic rings. The number of rotatable bonds is 3. The fourth-order valence-electron chi connectivity index (χ4n) is 1.15. The van der Waals surface area contributed by atoms with Crippen LogP contribution < -0.4 is 5.73 Å².